The third kappa shape index (κ3) is 2.81. The maximum absolute atomic E-state index is 5.66. The zero-order valence-electron chi connectivity index (χ0n) is 11.9. The molecule has 5 heteroatoms. The summed E-state index contributed by atoms with van der Waals surface area (Å²) in [7, 11) is 3.26. The van der Waals surface area contributed by atoms with Gasteiger partial charge in [0.1, 0.15) is 29.8 Å². The second-order valence-corrected chi connectivity index (χ2v) is 4.62. The fourth-order valence-electron chi connectivity index (χ4n) is 2.20. The van der Waals surface area contributed by atoms with Crippen molar-refractivity contribution in [2.24, 2.45) is 4.99 Å². The third-order valence-corrected chi connectivity index (χ3v) is 3.29. The number of aliphatic imine (C=N–C) groups is 1. The van der Waals surface area contributed by atoms with Crippen molar-refractivity contribution in [1.82, 2.24) is 4.98 Å². The minimum absolute atomic E-state index is 0.0778. The summed E-state index contributed by atoms with van der Waals surface area (Å²) in [5.41, 5.74) is 1.74. The predicted molar refractivity (Wildman–Crippen MR) is 79.0 cm³/mol. The van der Waals surface area contributed by atoms with E-state index in [1.807, 2.05) is 36.4 Å². The quantitative estimate of drug-likeness (QED) is 0.866. The van der Waals surface area contributed by atoms with E-state index in [0.717, 1.165) is 22.8 Å². The first-order valence-electron chi connectivity index (χ1n) is 6.65. The summed E-state index contributed by atoms with van der Waals surface area (Å²) in [6, 6.07) is 11.3. The molecule has 0 aliphatic carbocycles. The molecule has 0 spiro atoms. The van der Waals surface area contributed by atoms with Crippen molar-refractivity contribution in [2.45, 2.75) is 6.04 Å². The first-order valence-corrected chi connectivity index (χ1v) is 6.65. The van der Waals surface area contributed by atoms with Crippen LogP contribution in [0.2, 0.25) is 0 Å². The molecule has 1 aliphatic rings. The highest BCUT2D eigenvalue weighted by molar-refractivity contribution is 5.93. The summed E-state index contributed by atoms with van der Waals surface area (Å²) in [6.45, 7) is 0.488. The second-order valence-electron chi connectivity index (χ2n) is 4.62. The highest BCUT2D eigenvalue weighted by Crippen LogP contribution is 2.31. The molecule has 0 fully saturated rings. The van der Waals surface area contributed by atoms with Crippen LogP contribution >= 0.6 is 0 Å². The van der Waals surface area contributed by atoms with Gasteiger partial charge in [0.05, 0.1) is 14.2 Å². The molecule has 1 aromatic carbocycles. The molecule has 0 saturated carbocycles. The number of pyridine rings is 1. The van der Waals surface area contributed by atoms with Crippen molar-refractivity contribution in [3.05, 3.63) is 53.9 Å². The molecular weight excluding hydrogens is 268 g/mol. The van der Waals surface area contributed by atoms with Crippen LogP contribution in [0, 0.1) is 0 Å². The predicted octanol–water partition coefficient (Wildman–Crippen LogP) is 2.62. The van der Waals surface area contributed by atoms with E-state index in [1.54, 1.807) is 20.4 Å². The number of methoxy groups -OCH3 is 2. The average molecular weight is 284 g/mol. The molecule has 0 unspecified atom stereocenters. The van der Waals surface area contributed by atoms with Crippen LogP contribution < -0.4 is 9.47 Å². The molecule has 108 valence electrons. The standard InChI is InChI=1S/C16H16N2O3/c1-19-12-7-11(8-13(9-12)20-2)15-10-21-16(18-15)14-5-3-4-6-17-14/h3-9,15H,10H2,1-2H3/t15-/m1/s1. The molecule has 0 N–H and O–H groups in total. The normalized spacial score (nSPS) is 17.0. The molecule has 5 nitrogen and oxygen atoms in total. The summed E-state index contributed by atoms with van der Waals surface area (Å²) in [5, 5.41) is 0. The van der Waals surface area contributed by atoms with E-state index in [2.05, 4.69) is 9.98 Å². The van der Waals surface area contributed by atoms with E-state index in [0.29, 0.717) is 12.5 Å². The van der Waals surface area contributed by atoms with Gasteiger partial charge in [-0.1, -0.05) is 6.07 Å². The number of nitrogens with zero attached hydrogens (tertiary/aromatic N) is 2. The zero-order chi connectivity index (χ0) is 14.7. The minimum Gasteiger partial charge on any atom is -0.497 e. The molecule has 2 aromatic rings. The van der Waals surface area contributed by atoms with Crippen LogP contribution in [0.5, 0.6) is 11.5 Å². The number of aromatic nitrogens is 1. The molecule has 2 heterocycles. The summed E-state index contributed by atoms with van der Waals surface area (Å²) in [5.74, 6) is 2.05. The summed E-state index contributed by atoms with van der Waals surface area (Å²) in [6.07, 6.45) is 1.73. The molecule has 1 atom stereocenters. The van der Waals surface area contributed by atoms with E-state index < -0.39 is 0 Å². The van der Waals surface area contributed by atoms with Crippen LogP contribution in [0.1, 0.15) is 17.3 Å². The topological polar surface area (TPSA) is 52.9 Å². The number of hydrogen-bond donors (Lipinski definition) is 0. The van der Waals surface area contributed by atoms with E-state index in [1.165, 1.54) is 0 Å². The molecule has 0 saturated heterocycles. The Kier molecular flexibility index (Phi) is 3.73. The molecular formula is C16H16N2O3. The van der Waals surface area contributed by atoms with Gasteiger partial charge in [-0.15, -0.1) is 0 Å². The third-order valence-electron chi connectivity index (χ3n) is 3.29. The molecule has 1 aromatic heterocycles. The van der Waals surface area contributed by atoms with Crippen LogP contribution in [-0.4, -0.2) is 31.7 Å². The van der Waals surface area contributed by atoms with Gasteiger partial charge in [-0.25, -0.2) is 4.99 Å². The Morgan fingerprint density at radius 1 is 1.10 bits per heavy atom. The van der Waals surface area contributed by atoms with Crippen molar-refractivity contribution >= 4 is 5.90 Å². The van der Waals surface area contributed by atoms with Gasteiger partial charge in [0.2, 0.25) is 5.90 Å². The SMILES string of the molecule is COc1cc(OC)cc([C@H]2COC(c3ccccn3)=N2)c1. The number of hydrogen-bond acceptors (Lipinski definition) is 5. The van der Waals surface area contributed by atoms with Gasteiger partial charge in [-0.05, 0) is 29.8 Å². The van der Waals surface area contributed by atoms with Gasteiger partial charge >= 0.3 is 0 Å². The smallest absolute Gasteiger partial charge is 0.236 e. The van der Waals surface area contributed by atoms with Crippen LogP contribution in [-0.2, 0) is 4.74 Å². The lowest BCUT2D eigenvalue weighted by Crippen LogP contribution is -2.03. The van der Waals surface area contributed by atoms with Gasteiger partial charge in [-0.2, -0.15) is 0 Å². The highest BCUT2D eigenvalue weighted by Gasteiger charge is 2.23. The second kappa shape index (κ2) is 5.83. The fraction of sp³-hybridized carbons (Fsp3) is 0.250. The van der Waals surface area contributed by atoms with Gasteiger partial charge in [0.25, 0.3) is 0 Å². The van der Waals surface area contributed by atoms with Crippen molar-refractivity contribution in [3.8, 4) is 11.5 Å². The Morgan fingerprint density at radius 3 is 2.48 bits per heavy atom. The number of ether oxygens (including phenoxy) is 3. The molecule has 0 radical (unpaired) electrons. The van der Waals surface area contributed by atoms with Crippen LogP contribution in [0.15, 0.2) is 47.6 Å². The summed E-state index contributed by atoms with van der Waals surface area (Å²) < 4.78 is 16.2. The van der Waals surface area contributed by atoms with Crippen molar-refractivity contribution in [2.75, 3.05) is 20.8 Å². The summed E-state index contributed by atoms with van der Waals surface area (Å²) >= 11 is 0. The Labute approximate surface area is 123 Å². The van der Waals surface area contributed by atoms with Crippen molar-refractivity contribution in [3.63, 3.8) is 0 Å². The highest BCUT2D eigenvalue weighted by atomic mass is 16.5. The van der Waals surface area contributed by atoms with E-state index in [9.17, 15) is 0 Å². The summed E-state index contributed by atoms with van der Waals surface area (Å²) in [4.78, 5) is 8.85. The van der Waals surface area contributed by atoms with Crippen LogP contribution in [0.25, 0.3) is 0 Å². The molecule has 0 bridgehead atoms. The minimum atomic E-state index is -0.0778. The van der Waals surface area contributed by atoms with Gasteiger partial charge in [0.15, 0.2) is 0 Å². The van der Waals surface area contributed by atoms with Gasteiger partial charge < -0.3 is 14.2 Å². The van der Waals surface area contributed by atoms with E-state index in [4.69, 9.17) is 14.2 Å². The lowest BCUT2D eigenvalue weighted by atomic mass is 10.1. The first kappa shape index (κ1) is 13.4. The molecule has 3 rings (SSSR count). The Morgan fingerprint density at radius 2 is 1.86 bits per heavy atom. The molecule has 21 heavy (non-hydrogen) atoms. The van der Waals surface area contributed by atoms with Crippen LogP contribution in [0.4, 0.5) is 0 Å². The van der Waals surface area contributed by atoms with Crippen molar-refractivity contribution < 1.29 is 14.2 Å². The fourth-order valence-corrected chi connectivity index (χ4v) is 2.20. The molecule has 1 aliphatic heterocycles. The van der Waals surface area contributed by atoms with Crippen molar-refractivity contribution in [1.29, 1.82) is 0 Å². The van der Waals surface area contributed by atoms with Crippen LogP contribution in [0.3, 0.4) is 0 Å². The Bertz CT molecular complexity index is 634. The van der Waals surface area contributed by atoms with E-state index in [-0.39, 0.29) is 6.04 Å². The zero-order valence-corrected chi connectivity index (χ0v) is 11.9. The Balaban J connectivity index is 1.90. The largest absolute Gasteiger partial charge is 0.497 e. The first-order chi connectivity index (χ1) is 10.3. The Hall–Kier alpha value is -2.56. The van der Waals surface area contributed by atoms with Gasteiger partial charge in [0, 0.05) is 12.3 Å². The monoisotopic (exact) mass is 284 g/mol. The average Bonchev–Trinajstić information content (AvgIpc) is 3.05. The maximum Gasteiger partial charge on any atom is 0.236 e. The van der Waals surface area contributed by atoms with E-state index >= 15 is 0 Å². The number of rotatable bonds is 4. The lowest BCUT2D eigenvalue weighted by molar-refractivity contribution is 0.318. The molecule has 0 amide bonds. The van der Waals surface area contributed by atoms with Gasteiger partial charge in [-0.3, -0.25) is 4.98 Å². The number of benzene rings is 1. The maximum atomic E-state index is 5.66. The lowest BCUT2D eigenvalue weighted by Gasteiger charge is -2.10.